The van der Waals surface area contributed by atoms with Crippen LogP contribution >= 0.6 is 0 Å². The van der Waals surface area contributed by atoms with Crippen molar-refractivity contribution in [3.63, 3.8) is 0 Å². The molecule has 1 atom stereocenters. The number of nitrogens with one attached hydrogen (secondary N) is 1. The second kappa shape index (κ2) is 6.23. The predicted molar refractivity (Wildman–Crippen MR) is 70.9 cm³/mol. The maximum atomic E-state index is 12.4. The molecule has 1 amide bonds. The van der Waals surface area contributed by atoms with Crippen molar-refractivity contribution in [2.45, 2.75) is 51.0 Å². The highest BCUT2D eigenvalue weighted by molar-refractivity contribution is 6.06. The van der Waals surface area contributed by atoms with Gasteiger partial charge in [0.05, 0.1) is 6.10 Å². The van der Waals surface area contributed by atoms with Crippen LogP contribution in [-0.4, -0.2) is 36.2 Å². The standard InChI is InChI=1S/C13H23N3O3/c14-11(16-18)13(6-2-1-3-7-13)12(17)15-9-10-5-4-8-19-10/h10,18H,1-9H2,(H2,14,16)(H,15,17). The van der Waals surface area contributed by atoms with Crippen molar-refractivity contribution in [1.29, 1.82) is 0 Å². The van der Waals surface area contributed by atoms with Gasteiger partial charge in [0.25, 0.3) is 0 Å². The summed E-state index contributed by atoms with van der Waals surface area (Å²) in [7, 11) is 0. The molecule has 4 N–H and O–H groups in total. The van der Waals surface area contributed by atoms with Gasteiger partial charge in [-0.3, -0.25) is 4.79 Å². The van der Waals surface area contributed by atoms with Crippen LogP contribution in [0.4, 0.5) is 0 Å². The third-order valence-corrected chi connectivity index (χ3v) is 4.25. The number of amidine groups is 1. The van der Waals surface area contributed by atoms with Crippen molar-refractivity contribution in [2.24, 2.45) is 16.3 Å². The van der Waals surface area contributed by atoms with Crippen LogP contribution in [0.3, 0.4) is 0 Å². The van der Waals surface area contributed by atoms with Gasteiger partial charge in [0.2, 0.25) is 5.91 Å². The third kappa shape index (κ3) is 3.00. The molecule has 1 heterocycles. The van der Waals surface area contributed by atoms with E-state index in [9.17, 15) is 4.79 Å². The van der Waals surface area contributed by atoms with Gasteiger partial charge in [-0.2, -0.15) is 0 Å². The summed E-state index contributed by atoms with van der Waals surface area (Å²) in [5, 5.41) is 14.9. The Morgan fingerprint density at radius 2 is 2.11 bits per heavy atom. The van der Waals surface area contributed by atoms with E-state index < -0.39 is 5.41 Å². The predicted octanol–water partition coefficient (Wildman–Crippen LogP) is 0.978. The molecule has 1 saturated heterocycles. The van der Waals surface area contributed by atoms with E-state index in [0.29, 0.717) is 19.4 Å². The third-order valence-electron chi connectivity index (χ3n) is 4.25. The average molecular weight is 269 g/mol. The van der Waals surface area contributed by atoms with Gasteiger partial charge in [-0.25, -0.2) is 0 Å². The van der Waals surface area contributed by atoms with Crippen LogP contribution in [0.1, 0.15) is 44.9 Å². The normalized spacial score (nSPS) is 27.2. The van der Waals surface area contributed by atoms with Gasteiger partial charge in [0, 0.05) is 13.2 Å². The Labute approximate surface area is 113 Å². The summed E-state index contributed by atoms with van der Waals surface area (Å²) in [5.41, 5.74) is 4.95. The number of carbonyl (C=O) groups is 1. The topological polar surface area (TPSA) is 96.9 Å². The molecule has 0 aromatic carbocycles. The number of carbonyl (C=O) groups excluding carboxylic acids is 1. The molecule has 0 aromatic rings. The van der Waals surface area contributed by atoms with Gasteiger partial charge < -0.3 is 21.0 Å². The minimum Gasteiger partial charge on any atom is -0.409 e. The first-order valence-electron chi connectivity index (χ1n) is 7.07. The van der Waals surface area contributed by atoms with Crippen molar-refractivity contribution >= 4 is 11.7 Å². The molecule has 1 saturated carbocycles. The molecule has 108 valence electrons. The van der Waals surface area contributed by atoms with Crippen LogP contribution in [0.25, 0.3) is 0 Å². The van der Waals surface area contributed by atoms with Crippen molar-refractivity contribution < 1.29 is 14.7 Å². The van der Waals surface area contributed by atoms with E-state index in [1.165, 1.54) is 0 Å². The van der Waals surface area contributed by atoms with Gasteiger partial charge in [0.1, 0.15) is 5.41 Å². The van der Waals surface area contributed by atoms with Crippen molar-refractivity contribution in [1.82, 2.24) is 5.32 Å². The summed E-state index contributed by atoms with van der Waals surface area (Å²) < 4.78 is 5.48. The lowest BCUT2D eigenvalue weighted by atomic mass is 9.72. The monoisotopic (exact) mass is 269 g/mol. The molecular formula is C13H23N3O3. The Hall–Kier alpha value is -1.30. The summed E-state index contributed by atoms with van der Waals surface area (Å²) in [6.45, 7) is 1.28. The number of rotatable bonds is 4. The second-order valence-electron chi connectivity index (χ2n) is 5.47. The van der Waals surface area contributed by atoms with Crippen molar-refractivity contribution in [3.8, 4) is 0 Å². The molecule has 0 bridgehead atoms. The largest absolute Gasteiger partial charge is 0.409 e. The Balaban J connectivity index is 1.98. The SMILES string of the molecule is NC(=NO)C1(C(=O)NCC2CCCO2)CCCCC1. The Kier molecular flexibility index (Phi) is 4.63. The van der Waals surface area contributed by atoms with E-state index in [4.69, 9.17) is 15.7 Å². The fourth-order valence-corrected chi connectivity index (χ4v) is 3.03. The number of hydrogen-bond acceptors (Lipinski definition) is 4. The molecule has 1 aliphatic heterocycles. The van der Waals surface area contributed by atoms with Gasteiger partial charge in [-0.15, -0.1) is 0 Å². The molecule has 1 unspecified atom stereocenters. The van der Waals surface area contributed by atoms with Crippen LogP contribution in [-0.2, 0) is 9.53 Å². The van der Waals surface area contributed by atoms with Gasteiger partial charge >= 0.3 is 0 Å². The highest BCUT2D eigenvalue weighted by atomic mass is 16.5. The fraction of sp³-hybridized carbons (Fsp3) is 0.846. The van der Waals surface area contributed by atoms with Gasteiger partial charge in [-0.05, 0) is 25.7 Å². The lowest BCUT2D eigenvalue weighted by Gasteiger charge is -2.34. The van der Waals surface area contributed by atoms with E-state index in [-0.39, 0.29) is 17.8 Å². The zero-order valence-corrected chi connectivity index (χ0v) is 11.2. The quantitative estimate of drug-likeness (QED) is 0.307. The summed E-state index contributed by atoms with van der Waals surface area (Å²) in [5.74, 6) is -0.0879. The summed E-state index contributed by atoms with van der Waals surface area (Å²) >= 11 is 0. The molecule has 6 heteroatoms. The highest BCUT2D eigenvalue weighted by Gasteiger charge is 2.43. The first-order valence-corrected chi connectivity index (χ1v) is 7.07. The molecule has 1 aliphatic carbocycles. The minimum absolute atomic E-state index is 0.0389. The van der Waals surface area contributed by atoms with E-state index in [2.05, 4.69) is 10.5 Å². The zero-order chi connectivity index (χ0) is 13.7. The first-order chi connectivity index (χ1) is 9.19. The summed E-state index contributed by atoms with van der Waals surface area (Å²) in [6, 6.07) is 0. The number of oxime groups is 1. The molecule has 2 fully saturated rings. The molecule has 0 aromatic heterocycles. The maximum absolute atomic E-state index is 12.4. The van der Waals surface area contributed by atoms with Crippen molar-refractivity contribution in [2.75, 3.05) is 13.2 Å². The average Bonchev–Trinajstić information content (AvgIpc) is 2.97. The van der Waals surface area contributed by atoms with Crippen LogP contribution in [0.5, 0.6) is 0 Å². The number of hydrogen-bond donors (Lipinski definition) is 3. The molecular weight excluding hydrogens is 246 g/mol. The number of amides is 1. The highest BCUT2D eigenvalue weighted by Crippen LogP contribution is 2.36. The molecule has 6 nitrogen and oxygen atoms in total. The summed E-state index contributed by atoms with van der Waals surface area (Å²) in [6.07, 6.45) is 6.41. The Morgan fingerprint density at radius 1 is 1.37 bits per heavy atom. The van der Waals surface area contributed by atoms with Crippen LogP contribution < -0.4 is 11.1 Å². The first kappa shape index (κ1) is 14.1. The van der Waals surface area contributed by atoms with Crippen LogP contribution in [0.15, 0.2) is 5.16 Å². The zero-order valence-electron chi connectivity index (χ0n) is 11.2. The molecule has 0 radical (unpaired) electrons. The van der Waals surface area contributed by atoms with E-state index >= 15 is 0 Å². The second-order valence-corrected chi connectivity index (χ2v) is 5.47. The minimum atomic E-state index is -0.828. The lowest BCUT2D eigenvalue weighted by Crippen LogP contribution is -2.52. The smallest absolute Gasteiger partial charge is 0.234 e. The number of ether oxygens (including phenoxy) is 1. The van der Waals surface area contributed by atoms with Gasteiger partial charge in [0.15, 0.2) is 5.84 Å². The summed E-state index contributed by atoms with van der Waals surface area (Å²) in [4.78, 5) is 12.4. The van der Waals surface area contributed by atoms with Crippen LogP contribution in [0, 0.1) is 5.41 Å². The number of nitrogens with zero attached hydrogens (tertiary/aromatic N) is 1. The molecule has 19 heavy (non-hydrogen) atoms. The van der Waals surface area contributed by atoms with Gasteiger partial charge in [-0.1, -0.05) is 24.4 Å². The Bertz CT molecular complexity index is 345. The van der Waals surface area contributed by atoms with Crippen LogP contribution in [0.2, 0.25) is 0 Å². The number of nitrogens with two attached hydrogens (primary N) is 1. The Morgan fingerprint density at radius 3 is 2.68 bits per heavy atom. The lowest BCUT2D eigenvalue weighted by molar-refractivity contribution is -0.129. The maximum Gasteiger partial charge on any atom is 0.234 e. The van der Waals surface area contributed by atoms with E-state index in [1.54, 1.807) is 0 Å². The van der Waals surface area contributed by atoms with E-state index in [1.807, 2.05) is 0 Å². The molecule has 0 spiro atoms. The molecule has 2 aliphatic rings. The fourth-order valence-electron chi connectivity index (χ4n) is 3.03. The van der Waals surface area contributed by atoms with E-state index in [0.717, 1.165) is 38.7 Å². The van der Waals surface area contributed by atoms with Crippen molar-refractivity contribution in [3.05, 3.63) is 0 Å². The molecule has 2 rings (SSSR count).